The van der Waals surface area contributed by atoms with Crippen LogP contribution in [0.25, 0.3) is 0 Å². The van der Waals surface area contributed by atoms with Crippen molar-refractivity contribution in [2.45, 2.75) is 136 Å². The van der Waals surface area contributed by atoms with Crippen LogP contribution in [0.5, 0.6) is 0 Å². The van der Waals surface area contributed by atoms with Gasteiger partial charge in [0.25, 0.3) is 7.82 Å². The molecule has 0 aliphatic rings. The van der Waals surface area contributed by atoms with Crippen LogP contribution in [0.3, 0.4) is 0 Å². The molecule has 0 fully saturated rings. The summed E-state index contributed by atoms with van der Waals surface area (Å²) in [5.74, 6) is -0.358. The number of unbranched alkanes of at least 4 members (excludes halogenated alkanes) is 15. The molecule has 8 nitrogen and oxygen atoms in total. The maximum absolute atomic E-state index is 12.2. The van der Waals surface area contributed by atoms with Crippen molar-refractivity contribution in [2.24, 2.45) is 0 Å². The van der Waals surface area contributed by atoms with Crippen LogP contribution in [0.2, 0.25) is 0 Å². The summed E-state index contributed by atoms with van der Waals surface area (Å²) in [6.07, 6.45) is 20.3. The summed E-state index contributed by atoms with van der Waals surface area (Å²) in [6, 6.07) is 0. The first-order chi connectivity index (χ1) is 18.6. The lowest BCUT2D eigenvalue weighted by molar-refractivity contribution is -0.870. The van der Waals surface area contributed by atoms with Crippen molar-refractivity contribution in [2.75, 3.05) is 54.1 Å². The second-order valence-electron chi connectivity index (χ2n) is 11.8. The molecule has 0 saturated heterocycles. The SMILES string of the molecule is CCCCCCCCCCCCCCCCOC[C@H](COP(=O)([O-])OCC[N+](C)(C)C)OC(=O)CCCCC. The highest BCUT2D eigenvalue weighted by atomic mass is 31.2. The first-order valence-corrected chi connectivity index (χ1v) is 17.2. The summed E-state index contributed by atoms with van der Waals surface area (Å²) in [6.45, 7) is 5.24. The molecule has 9 heteroatoms. The monoisotopic (exact) mass is 579 g/mol. The largest absolute Gasteiger partial charge is 0.756 e. The zero-order valence-corrected chi connectivity index (χ0v) is 27.0. The topological polar surface area (TPSA) is 94.1 Å². The Kier molecular flexibility index (Phi) is 24.9. The van der Waals surface area contributed by atoms with Gasteiger partial charge in [-0.1, -0.05) is 110 Å². The molecule has 2 atom stereocenters. The van der Waals surface area contributed by atoms with E-state index in [4.69, 9.17) is 18.5 Å². The average molecular weight is 580 g/mol. The van der Waals surface area contributed by atoms with E-state index in [-0.39, 0.29) is 25.8 Å². The number of phosphoric ester groups is 1. The van der Waals surface area contributed by atoms with Gasteiger partial charge in [0.15, 0.2) is 0 Å². The number of carbonyl (C=O) groups excluding carboxylic acids is 1. The predicted molar refractivity (Wildman–Crippen MR) is 158 cm³/mol. The van der Waals surface area contributed by atoms with Gasteiger partial charge in [-0.25, -0.2) is 0 Å². The fourth-order valence-electron chi connectivity index (χ4n) is 4.13. The van der Waals surface area contributed by atoms with Gasteiger partial charge >= 0.3 is 5.97 Å². The summed E-state index contributed by atoms with van der Waals surface area (Å²) < 4.78 is 33.9. The first-order valence-electron chi connectivity index (χ1n) is 15.8. The standard InChI is InChI=1S/C30H62NO7P/c1-6-8-10-11-12-13-14-15-16-17-18-19-20-22-25-35-27-29(38-30(32)23-21-9-7-2)28-37-39(33,34)36-26-24-31(3,4)5/h29H,6-28H2,1-5H3/t29-/m1/s1. The number of nitrogens with zero attached hydrogens (tertiary/aromatic N) is 1. The summed E-state index contributed by atoms with van der Waals surface area (Å²) in [4.78, 5) is 24.3. The Morgan fingerprint density at radius 3 is 1.69 bits per heavy atom. The summed E-state index contributed by atoms with van der Waals surface area (Å²) >= 11 is 0. The highest BCUT2D eigenvalue weighted by Gasteiger charge is 2.20. The second-order valence-corrected chi connectivity index (χ2v) is 13.2. The van der Waals surface area contributed by atoms with Crippen molar-refractivity contribution in [1.82, 2.24) is 0 Å². The number of ether oxygens (including phenoxy) is 2. The number of likely N-dealkylation sites (N-methyl/N-ethyl adjacent to an activating group) is 1. The first kappa shape index (κ1) is 38.5. The number of esters is 1. The predicted octanol–water partition coefficient (Wildman–Crippen LogP) is 7.18. The molecule has 0 aliphatic heterocycles. The van der Waals surface area contributed by atoms with E-state index in [1.807, 2.05) is 21.1 Å². The molecule has 0 aromatic rings. The van der Waals surface area contributed by atoms with Crippen molar-refractivity contribution < 1.29 is 37.3 Å². The van der Waals surface area contributed by atoms with E-state index in [1.54, 1.807) is 0 Å². The Balaban J connectivity index is 4.09. The van der Waals surface area contributed by atoms with E-state index in [0.29, 0.717) is 24.1 Å². The van der Waals surface area contributed by atoms with Gasteiger partial charge in [0.1, 0.15) is 19.3 Å². The molecule has 0 spiro atoms. The van der Waals surface area contributed by atoms with Gasteiger partial charge in [-0.15, -0.1) is 0 Å². The minimum atomic E-state index is -4.48. The zero-order valence-electron chi connectivity index (χ0n) is 26.1. The van der Waals surface area contributed by atoms with Gasteiger partial charge < -0.3 is 27.9 Å². The molecule has 0 rings (SSSR count). The van der Waals surface area contributed by atoms with Crippen LogP contribution in [0.1, 0.15) is 129 Å². The number of quaternary nitrogens is 1. The van der Waals surface area contributed by atoms with Gasteiger partial charge in [-0.05, 0) is 12.8 Å². The number of hydrogen-bond acceptors (Lipinski definition) is 7. The Morgan fingerprint density at radius 1 is 0.692 bits per heavy atom. The van der Waals surface area contributed by atoms with Crippen molar-refractivity contribution in [1.29, 1.82) is 0 Å². The zero-order chi connectivity index (χ0) is 29.2. The molecule has 0 aromatic carbocycles. The molecule has 0 saturated carbocycles. The minimum absolute atomic E-state index is 0.0291. The third kappa shape index (κ3) is 28.8. The third-order valence-electron chi connectivity index (χ3n) is 6.66. The Labute approximate surface area is 240 Å². The van der Waals surface area contributed by atoms with E-state index >= 15 is 0 Å². The van der Waals surface area contributed by atoms with Crippen molar-refractivity contribution in [3.8, 4) is 0 Å². The Bertz CT molecular complexity index is 613. The van der Waals surface area contributed by atoms with Crippen LogP contribution >= 0.6 is 7.82 Å². The van der Waals surface area contributed by atoms with Crippen LogP contribution in [-0.4, -0.2) is 70.7 Å². The van der Waals surface area contributed by atoms with Crippen LogP contribution < -0.4 is 4.89 Å². The number of rotatable bonds is 29. The van der Waals surface area contributed by atoms with Gasteiger partial charge in [0, 0.05) is 13.0 Å². The van der Waals surface area contributed by atoms with E-state index < -0.39 is 13.9 Å². The fraction of sp³-hybridized carbons (Fsp3) is 0.967. The summed E-state index contributed by atoms with van der Waals surface area (Å²) in [5.41, 5.74) is 0. The molecule has 0 amide bonds. The van der Waals surface area contributed by atoms with Gasteiger partial charge in [-0.3, -0.25) is 9.36 Å². The molecule has 1 unspecified atom stereocenters. The van der Waals surface area contributed by atoms with Crippen LogP contribution in [0.4, 0.5) is 0 Å². The smallest absolute Gasteiger partial charge is 0.306 e. The molecule has 0 heterocycles. The lowest BCUT2D eigenvalue weighted by Gasteiger charge is -2.28. The quantitative estimate of drug-likeness (QED) is 0.0401. The van der Waals surface area contributed by atoms with Crippen molar-refractivity contribution in [3.63, 3.8) is 0 Å². The lowest BCUT2D eigenvalue weighted by atomic mass is 10.0. The number of hydrogen-bond donors (Lipinski definition) is 0. The van der Waals surface area contributed by atoms with E-state index in [2.05, 4.69) is 13.8 Å². The summed E-state index contributed by atoms with van der Waals surface area (Å²) in [5, 5.41) is 0. The Hall–Kier alpha value is -0.500. The van der Waals surface area contributed by atoms with E-state index in [9.17, 15) is 14.3 Å². The molecule has 0 bridgehead atoms. The average Bonchev–Trinajstić information content (AvgIpc) is 2.86. The van der Waals surface area contributed by atoms with E-state index in [0.717, 1.165) is 32.1 Å². The molecule has 39 heavy (non-hydrogen) atoms. The third-order valence-corrected chi connectivity index (χ3v) is 7.62. The van der Waals surface area contributed by atoms with Gasteiger partial charge in [0.2, 0.25) is 0 Å². The summed E-state index contributed by atoms with van der Waals surface area (Å²) in [7, 11) is 1.36. The molecule has 0 radical (unpaired) electrons. The number of carbonyl (C=O) groups is 1. The van der Waals surface area contributed by atoms with Crippen LogP contribution in [-0.2, 0) is 27.9 Å². The molecule has 0 N–H and O–H groups in total. The fourth-order valence-corrected chi connectivity index (χ4v) is 4.86. The molecule has 0 aromatic heterocycles. The molecular formula is C30H62NO7P. The maximum Gasteiger partial charge on any atom is 0.306 e. The molecule has 0 aliphatic carbocycles. The number of phosphoric acid groups is 1. The van der Waals surface area contributed by atoms with E-state index in [1.165, 1.54) is 77.0 Å². The van der Waals surface area contributed by atoms with Crippen LogP contribution in [0, 0.1) is 0 Å². The maximum atomic E-state index is 12.2. The molecular weight excluding hydrogens is 517 g/mol. The Morgan fingerprint density at radius 2 is 1.18 bits per heavy atom. The van der Waals surface area contributed by atoms with Gasteiger partial charge in [0.05, 0.1) is 34.4 Å². The minimum Gasteiger partial charge on any atom is -0.756 e. The molecule has 234 valence electrons. The normalized spacial score (nSPS) is 14.3. The lowest BCUT2D eigenvalue weighted by Crippen LogP contribution is -2.37. The highest BCUT2D eigenvalue weighted by Crippen LogP contribution is 2.38. The van der Waals surface area contributed by atoms with Crippen molar-refractivity contribution >= 4 is 13.8 Å². The van der Waals surface area contributed by atoms with Crippen molar-refractivity contribution in [3.05, 3.63) is 0 Å². The highest BCUT2D eigenvalue weighted by molar-refractivity contribution is 7.45. The second kappa shape index (κ2) is 25.2. The van der Waals surface area contributed by atoms with Crippen LogP contribution in [0.15, 0.2) is 0 Å². The van der Waals surface area contributed by atoms with Gasteiger partial charge in [-0.2, -0.15) is 0 Å².